The van der Waals surface area contributed by atoms with E-state index < -0.39 is 11.8 Å². The van der Waals surface area contributed by atoms with E-state index in [-0.39, 0.29) is 18.5 Å². The molecule has 0 spiro atoms. The second kappa shape index (κ2) is 10.4. The molecule has 1 heterocycles. The lowest BCUT2D eigenvalue weighted by Gasteiger charge is -2.37. The molecule has 7 nitrogen and oxygen atoms in total. The molecule has 182 valence electrons. The number of carbonyl (C=O) groups is 1. The summed E-state index contributed by atoms with van der Waals surface area (Å²) in [4.78, 5) is 15.1. The molecule has 1 aromatic heterocycles. The molecule has 34 heavy (non-hydrogen) atoms. The van der Waals surface area contributed by atoms with Crippen molar-refractivity contribution < 1.29 is 24.1 Å². The van der Waals surface area contributed by atoms with Crippen molar-refractivity contribution in [3.05, 3.63) is 57.6 Å². The van der Waals surface area contributed by atoms with Crippen molar-refractivity contribution in [1.82, 2.24) is 10.3 Å². The summed E-state index contributed by atoms with van der Waals surface area (Å²) in [7, 11) is 1.62. The molecular weight excluding hydrogens is 479 g/mol. The predicted molar refractivity (Wildman–Crippen MR) is 132 cm³/mol. The van der Waals surface area contributed by atoms with Gasteiger partial charge in [-0.05, 0) is 62.4 Å². The first-order chi connectivity index (χ1) is 16.3. The van der Waals surface area contributed by atoms with Gasteiger partial charge in [-0.2, -0.15) is 0 Å². The summed E-state index contributed by atoms with van der Waals surface area (Å²) in [6.07, 6.45) is 2.01. The second-order valence-corrected chi connectivity index (χ2v) is 9.29. The van der Waals surface area contributed by atoms with Crippen molar-refractivity contribution in [3.63, 3.8) is 0 Å². The maximum atomic E-state index is 12.0. The van der Waals surface area contributed by atoms with Crippen molar-refractivity contribution in [2.75, 3.05) is 13.7 Å². The number of aromatic nitrogens is 1. The van der Waals surface area contributed by atoms with Crippen LogP contribution in [0.25, 0.3) is 10.9 Å². The Morgan fingerprint density at radius 3 is 2.71 bits per heavy atom. The van der Waals surface area contributed by atoms with Gasteiger partial charge in [-0.15, -0.1) is 0 Å². The lowest BCUT2D eigenvalue weighted by Crippen LogP contribution is -2.39. The summed E-state index contributed by atoms with van der Waals surface area (Å²) in [5.74, 6) is 1.01. The third kappa shape index (κ3) is 5.28. The molecule has 4 rings (SSSR count). The molecule has 0 saturated heterocycles. The van der Waals surface area contributed by atoms with Gasteiger partial charge in [-0.3, -0.25) is 0 Å². The van der Waals surface area contributed by atoms with E-state index in [2.05, 4.69) is 10.3 Å². The van der Waals surface area contributed by atoms with E-state index in [0.29, 0.717) is 34.9 Å². The molecule has 1 aliphatic carbocycles. The van der Waals surface area contributed by atoms with E-state index >= 15 is 0 Å². The number of benzene rings is 2. The Kier molecular flexibility index (Phi) is 7.57. The zero-order chi connectivity index (χ0) is 24.3. The number of halogens is 2. The first-order valence-electron chi connectivity index (χ1n) is 11.3. The highest BCUT2D eigenvalue weighted by Gasteiger charge is 2.35. The van der Waals surface area contributed by atoms with Crippen LogP contribution in [0.15, 0.2) is 36.4 Å². The van der Waals surface area contributed by atoms with Crippen molar-refractivity contribution in [1.29, 1.82) is 0 Å². The SMILES string of the molecule is CCOC(=O)Oc1[nH]c2cc(Cl)cc(Cl)c2c1CNC1CCC(O)(c2cccc(OC)c2)CC1. The van der Waals surface area contributed by atoms with Gasteiger partial charge in [0.05, 0.1) is 29.9 Å². The van der Waals surface area contributed by atoms with E-state index in [0.717, 1.165) is 35.1 Å². The van der Waals surface area contributed by atoms with Crippen LogP contribution in [0, 0.1) is 0 Å². The van der Waals surface area contributed by atoms with Crippen molar-refractivity contribution in [3.8, 4) is 11.6 Å². The van der Waals surface area contributed by atoms with Crippen molar-refractivity contribution in [2.45, 2.75) is 50.8 Å². The average molecular weight is 507 g/mol. The molecule has 0 radical (unpaired) electrons. The molecule has 2 aromatic carbocycles. The number of methoxy groups -OCH3 is 1. The lowest BCUT2D eigenvalue weighted by atomic mass is 9.77. The van der Waals surface area contributed by atoms with Crippen LogP contribution >= 0.6 is 23.2 Å². The number of nitrogens with one attached hydrogen (secondary N) is 2. The highest BCUT2D eigenvalue weighted by atomic mass is 35.5. The van der Waals surface area contributed by atoms with Crippen LogP contribution in [-0.2, 0) is 16.9 Å². The van der Waals surface area contributed by atoms with Crippen LogP contribution in [0.5, 0.6) is 11.6 Å². The number of carbonyl (C=O) groups excluding carboxylic acids is 1. The maximum Gasteiger partial charge on any atom is 0.515 e. The average Bonchev–Trinajstić information content (AvgIpc) is 3.15. The topological polar surface area (TPSA) is 92.8 Å². The molecular formula is C25H28Cl2N2O5. The van der Waals surface area contributed by atoms with E-state index in [9.17, 15) is 9.90 Å². The number of aliphatic hydroxyl groups is 1. The highest BCUT2D eigenvalue weighted by molar-refractivity contribution is 6.38. The Morgan fingerprint density at radius 2 is 2.00 bits per heavy atom. The zero-order valence-electron chi connectivity index (χ0n) is 19.1. The molecule has 3 aromatic rings. The van der Waals surface area contributed by atoms with Gasteiger partial charge in [-0.1, -0.05) is 35.3 Å². The summed E-state index contributed by atoms with van der Waals surface area (Å²) >= 11 is 12.6. The van der Waals surface area contributed by atoms with Crippen LogP contribution in [0.3, 0.4) is 0 Å². The summed E-state index contributed by atoms with van der Waals surface area (Å²) in [6.45, 7) is 2.33. The Hall–Kier alpha value is -2.45. The minimum absolute atomic E-state index is 0.178. The van der Waals surface area contributed by atoms with Gasteiger partial charge in [0.15, 0.2) is 0 Å². The van der Waals surface area contributed by atoms with Gasteiger partial charge in [0.25, 0.3) is 0 Å². The number of hydrogen-bond donors (Lipinski definition) is 3. The van der Waals surface area contributed by atoms with Crippen LogP contribution in [-0.4, -0.2) is 36.0 Å². The van der Waals surface area contributed by atoms with Crippen LogP contribution in [0.2, 0.25) is 10.0 Å². The Morgan fingerprint density at radius 1 is 1.24 bits per heavy atom. The number of aromatic amines is 1. The van der Waals surface area contributed by atoms with Crippen LogP contribution < -0.4 is 14.8 Å². The largest absolute Gasteiger partial charge is 0.515 e. The van der Waals surface area contributed by atoms with E-state index in [1.54, 1.807) is 26.2 Å². The molecule has 1 aliphatic rings. The zero-order valence-corrected chi connectivity index (χ0v) is 20.6. The summed E-state index contributed by atoms with van der Waals surface area (Å²) in [5, 5.41) is 16.5. The van der Waals surface area contributed by atoms with Gasteiger partial charge in [-0.25, -0.2) is 4.79 Å². The van der Waals surface area contributed by atoms with Gasteiger partial charge in [0.2, 0.25) is 5.88 Å². The van der Waals surface area contributed by atoms with Crippen molar-refractivity contribution in [2.24, 2.45) is 0 Å². The molecule has 0 atom stereocenters. The Balaban J connectivity index is 1.48. The van der Waals surface area contributed by atoms with E-state index in [4.69, 9.17) is 37.4 Å². The van der Waals surface area contributed by atoms with Gasteiger partial charge >= 0.3 is 6.16 Å². The van der Waals surface area contributed by atoms with E-state index in [1.807, 2.05) is 24.3 Å². The maximum absolute atomic E-state index is 12.0. The molecule has 3 N–H and O–H groups in total. The third-order valence-corrected chi connectivity index (χ3v) is 6.83. The van der Waals surface area contributed by atoms with Crippen LogP contribution in [0.1, 0.15) is 43.7 Å². The summed E-state index contributed by atoms with van der Waals surface area (Å²) < 4.78 is 15.6. The molecule has 0 bridgehead atoms. The number of hydrogen-bond acceptors (Lipinski definition) is 6. The number of fused-ring (bicyclic) bond motifs is 1. The van der Waals surface area contributed by atoms with Gasteiger partial charge in [0.1, 0.15) is 5.75 Å². The Labute approximate surface area is 208 Å². The fraction of sp³-hybridized carbons (Fsp3) is 0.400. The fourth-order valence-electron chi connectivity index (χ4n) is 4.52. The van der Waals surface area contributed by atoms with Gasteiger partial charge in [0, 0.05) is 28.6 Å². The second-order valence-electron chi connectivity index (χ2n) is 8.45. The monoisotopic (exact) mass is 506 g/mol. The first kappa shape index (κ1) is 24.7. The molecule has 9 heteroatoms. The number of H-pyrrole nitrogens is 1. The predicted octanol–water partition coefficient (Wildman–Crippen LogP) is 5.94. The van der Waals surface area contributed by atoms with Crippen LogP contribution in [0.4, 0.5) is 4.79 Å². The Bertz CT molecular complexity index is 1170. The normalized spacial score (nSPS) is 20.3. The smallest absolute Gasteiger partial charge is 0.497 e. The number of rotatable bonds is 7. The number of ether oxygens (including phenoxy) is 3. The lowest BCUT2D eigenvalue weighted by molar-refractivity contribution is -0.00864. The molecule has 0 aliphatic heterocycles. The molecule has 1 fully saturated rings. The summed E-state index contributed by atoms with van der Waals surface area (Å²) in [5.41, 5.74) is 1.38. The molecule has 0 amide bonds. The minimum Gasteiger partial charge on any atom is -0.497 e. The molecule has 0 unspecified atom stereocenters. The quantitative estimate of drug-likeness (QED) is 0.343. The van der Waals surface area contributed by atoms with Crippen molar-refractivity contribution >= 4 is 40.3 Å². The van der Waals surface area contributed by atoms with Gasteiger partial charge < -0.3 is 29.6 Å². The van der Waals surface area contributed by atoms with E-state index in [1.165, 1.54) is 0 Å². The highest BCUT2D eigenvalue weighted by Crippen LogP contribution is 2.39. The first-order valence-corrected chi connectivity index (χ1v) is 12.0. The summed E-state index contributed by atoms with van der Waals surface area (Å²) in [6, 6.07) is 11.2. The fourth-order valence-corrected chi connectivity index (χ4v) is 5.13. The standard InChI is InChI=1S/C25H28Cl2N2O5/c1-3-33-24(30)34-23-19(22-20(27)12-16(26)13-21(22)29-23)14-28-17-7-9-25(31,10-8-17)15-5-4-6-18(11-15)32-2/h4-6,11-13,17,28-29,31H,3,7-10,14H2,1-2H3. The minimum atomic E-state index is -0.883. The third-order valence-electron chi connectivity index (χ3n) is 6.31. The molecule has 1 saturated carbocycles.